The Bertz CT molecular complexity index is 581. The molecule has 0 saturated carbocycles. The number of amides is 1. The number of rotatable bonds is 2. The Labute approximate surface area is 110 Å². The molecule has 19 heavy (non-hydrogen) atoms. The van der Waals surface area contributed by atoms with Crippen LogP contribution in [0.4, 0.5) is 0 Å². The van der Waals surface area contributed by atoms with Gasteiger partial charge in [0.1, 0.15) is 5.69 Å². The van der Waals surface area contributed by atoms with E-state index in [1.807, 2.05) is 18.2 Å². The third-order valence-corrected chi connectivity index (χ3v) is 3.32. The lowest BCUT2D eigenvalue weighted by atomic mass is 10.1. The third kappa shape index (κ3) is 2.33. The minimum absolute atomic E-state index is 0.0898. The van der Waals surface area contributed by atoms with Crippen LogP contribution >= 0.6 is 0 Å². The van der Waals surface area contributed by atoms with Crippen LogP contribution in [0.5, 0.6) is 0 Å². The highest BCUT2D eigenvalue weighted by atomic mass is 16.5. The molecule has 1 atom stereocenters. The molecule has 3 heterocycles. The molecule has 2 aromatic rings. The number of hydrogen-bond acceptors (Lipinski definition) is 5. The average Bonchev–Trinajstić information content (AvgIpc) is 3.09. The van der Waals surface area contributed by atoms with Crippen LogP contribution in [-0.2, 0) is 4.79 Å². The van der Waals surface area contributed by atoms with Gasteiger partial charge >= 0.3 is 0 Å². The molecular weight excluding hydrogens is 244 g/mol. The number of nitrogens with zero attached hydrogens (tertiary/aromatic N) is 4. The van der Waals surface area contributed by atoms with Gasteiger partial charge in [0.2, 0.25) is 17.6 Å². The third-order valence-electron chi connectivity index (χ3n) is 3.32. The molecule has 1 unspecified atom stereocenters. The SMILES string of the molecule is CC(=O)N1CCC(c2nc(-c3ccccn3)no2)C1. The molecule has 0 spiro atoms. The van der Waals surface area contributed by atoms with Gasteiger partial charge in [-0.25, -0.2) is 0 Å². The van der Waals surface area contributed by atoms with E-state index < -0.39 is 0 Å². The molecule has 2 aromatic heterocycles. The minimum atomic E-state index is 0.0898. The van der Waals surface area contributed by atoms with Crippen molar-refractivity contribution in [3.8, 4) is 11.5 Å². The summed E-state index contributed by atoms with van der Waals surface area (Å²) < 4.78 is 5.29. The molecule has 0 bridgehead atoms. The molecule has 1 amide bonds. The van der Waals surface area contributed by atoms with Gasteiger partial charge < -0.3 is 9.42 Å². The Balaban J connectivity index is 1.78. The van der Waals surface area contributed by atoms with Gasteiger partial charge in [0, 0.05) is 26.2 Å². The number of hydrogen-bond donors (Lipinski definition) is 0. The fraction of sp³-hybridized carbons (Fsp3) is 0.385. The first-order valence-electron chi connectivity index (χ1n) is 6.24. The van der Waals surface area contributed by atoms with E-state index in [-0.39, 0.29) is 11.8 Å². The predicted molar refractivity (Wildman–Crippen MR) is 67.1 cm³/mol. The van der Waals surface area contributed by atoms with Crippen LogP contribution < -0.4 is 0 Å². The van der Waals surface area contributed by atoms with E-state index >= 15 is 0 Å². The van der Waals surface area contributed by atoms with Crippen molar-refractivity contribution in [2.75, 3.05) is 13.1 Å². The summed E-state index contributed by atoms with van der Waals surface area (Å²) in [5, 5.41) is 3.95. The molecule has 6 heteroatoms. The van der Waals surface area contributed by atoms with Gasteiger partial charge in [-0.1, -0.05) is 11.2 Å². The predicted octanol–water partition coefficient (Wildman–Crippen LogP) is 1.47. The first-order chi connectivity index (χ1) is 9.24. The second-order valence-electron chi connectivity index (χ2n) is 4.62. The first kappa shape index (κ1) is 11.8. The van der Waals surface area contributed by atoms with E-state index in [0.717, 1.165) is 13.0 Å². The van der Waals surface area contributed by atoms with Gasteiger partial charge in [0.25, 0.3) is 0 Å². The summed E-state index contributed by atoms with van der Waals surface area (Å²) in [5.74, 6) is 1.31. The molecule has 1 fully saturated rings. The average molecular weight is 258 g/mol. The van der Waals surface area contributed by atoms with Crippen molar-refractivity contribution < 1.29 is 9.32 Å². The summed E-state index contributed by atoms with van der Waals surface area (Å²) in [4.78, 5) is 21.7. The maximum absolute atomic E-state index is 11.3. The lowest BCUT2D eigenvalue weighted by molar-refractivity contribution is -0.127. The van der Waals surface area contributed by atoms with Gasteiger partial charge in [0.15, 0.2) is 0 Å². The Morgan fingerprint density at radius 2 is 2.37 bits per heavy atom. The lowest BCUT2D eigenvalue weighted by Gasteiger charge is -2.11. The summed E-state index contributed by atoms with van der Waals surface area (Å²) in [6.45, 7) is 2.98. The Morgan fingerprint density at radius 1 is 1.47 bits per heavy atom. The molecular formula is C13H14N4O2. The van der Waals surface area contributed by atoms with E-state index in [1.54, 1.807) is 18.0 Å². The number of carbonyl (C=O) groups is 1. The van der Waals surface area contributed by atoms with Gasteiger partial charge in [-0.15, -0.1) is 0 Å². The quantitative estimate of drug-likeness (QED) is 0.815. The maximum atomic E-state index is 11.3. The largest absolute Gasteiger partial charge is 0.342 e. The van der Waals surface area contributed by atoms with Crippen LogP contribution in [0.25, 0.3) is 11.5 Å². The standard InChI is InChI=1S/C13H14N4O2/c1-9(18)17-7-5-10(8-17)13-15-12(16-19-13)11-4-2-3-6-14-11/h2-4,6,10H,5,7-8H2,1H3. The molecule has 6 nitrogen and oxygen atoms in total. The topological polar surface area (TPSA) is 72.1 Å². The number of aromatic nitrogens is 3. The molecule has 0 radical (unpaired) electrons. The second-order valence-corrected chi connectivity index (χ2v) is 4.62. The number of pyridine rings is 1. The van der Waals surface area contributed by atoms with Crippen LogP contribution in [0, 0.1) is 0 Å². The fourth-order valence-corrected chi connectivity index (χ4v) is 2.25. The fourth-order valence-electron chi connectivity index (χ4n) is 2.25. The van der Waals surface area contributed by atoms with Crippen molar-refractivity contribution in [3.63, 3.8) is 0 Å². The molecule has 0 aliphatic carbocycles. The Morgan fingerprint density at radius 3 is 3.05 bits per heavy atom. The first-order valence-corrected chi connectivity index (χ1v) is 6.24. The smallest absolute Gasteiger partial charge is 0.231 e. The van der Waals surface area contributed by atoms with E-state index in [2.05, 4.69) is 15.1 Å². The zero-order chi connectivity index (χ0) is 13.2. The van der Waals surface area contributed by atoms with Crippen molar-refractivity contribution >= 4 is 5.91 Å². The molecule has 0 aromatic carbocycles. The molecule has 98 valence electrons. The Kier molecular flexibility index (Phi) is 2.98. The highest BCUT2D eigenvalue weighted by Gasteiger charge is 2.29. The van der Waals surface area contributed by atoms with Crippen LogP contribution in [0.3, 0.4) is 0 Å². The van der Waals surface area contributed by atoms with Crippen molar-refractivity contribution in [3.05, 3.63) is 30.3 Å². The normalized spacial score (nSPS) is 18.8. The minimum Gasteiger partial charge on any atom is -0.342 e. The highest BCUT2D eigenvalue weighted by molar-refractivity contribution is 5.73. The highest BCUT2D eigenvalue weighted by Crippen LogP contribution is 2.27. The molecule has 0 N–H and O–H groups in total. The van der Waals surface area contributed by atoms with Crippen LogP contribution in [-0.4, -0.2) is 39.0 Å². The van der Waals surface area contributed by atoms with Crippen LogP contribution in [0.1, 0.15) is 25.2 Å². The van der Waals surface area contributed by atoms with Crippen LogP contribution in [0.15, 0.2) is 28.9 Å². The van der Waals surface area contributed by atoms with Crippen molar-refractivity contribution in [2.45, 2.75) is 19.3 Å². The van der Waals surface area contributed by atoms with E-state index in [9.17, 15) is 4.79 Å². The summed E-state index contributed by atoms with van der Waals surface area (Å²) in [6, 6.07) is 5.56. The van der Waals surface area contributed by atoms with Crippen molar-refractivity contribution in [2.24, 2.45) is 0 Å². The number of carbonyl (C=O) groups excluding carboxylic acids is 1. The Hall–Kier alpha value is -2.24. The molecule has 1 aliphatic heterocycles. The lowest BCUT2D eigenvalue weighted by Crippen LogP contribution is -2.25. The summed E-state index contributed by atoms with van der Waals surface area (Å²) >= 11 is 0. The van der Waals surface area contributed by atoms with E-state index in [1.165, 1.54) is 0 Å². The van der Waals surface area contributed by atoms with E-state index in [0.29, 0.717) is 24.0 Å². The summed E-state index contributed by atoms with van der Waals surface area (Å²) in [5.41, 5.74) is 0.693. The zero-order valence-electron chi connectivity index (χ0n) is 10.6. The second kappa shape index (κ2) is 4.79. The molecule has 1 aliphatic rings. The van der Waals surface area contributed by atoms with Gasteiger partial charge in [-0.05, 0) is 18.6 Å². The van der Waals surface area contributed by atoms with Gasteiger partial charge in [-0.3, -0.25) is 9.78 Å². The van der Waals surface area contributed by atoms with E-state index in [4.69, 9.17) is 4.52 Å². The molecule has 1 saturated heterocycles. The van der Waals surface area contributed by atoms with Gasteiger partial charge in [-0.2, -0.15) is 4.98 Å². The molecule has 3 rings (SSSR count). The van der Waals surface area contributed by atoms with Crippen LogP contribution in [0.2, 0.25) is 0 Å². The zero-order valence-corrected chi connectivity index (χ0v) is 10.6. The van der Waals surface area contributed by atoms with Crippen molar-refractivity contribution in [1.82, 2.24) is 20.0 Å². The summed E-state index contributed by atoms with van der Waals surface area (Å²) in [7, 11) is 0. The monoisotopic (exact) mass is 258 g/mol. The summed E-state index contributed by atoms with van der Waals surface area (Å²) in [6.07, 6.45) is 2.56. The van der Waals surface area contributed by atoms with Crippen molar-refractivity contribution in [1.29, 1.82) is 0 Å². The maximum Gasteiger partial charge on any atom is 0.231 e. The van der Waals surface area contributed by atoms with Gasteiger partial charge in [0.05, 0.1) is 5.92 Å². The number of likely N-dealkylation sites (tertiary alicyclic amines) is 1.